The van der Waals surface area contributed by atoms with Crippen LogP contribution in [0.2, 0.25) is 0 Å². The lowest BCUT2D eigenvalue weighted by atomic mass is 9.80. The van der Waals surface area contributed by atoms with Crippen LogP contribution in [0, 0.1) is 13.8 Å². The minimum atomic E-state index is 0.0343. The van der Waals surface area contributed by atoms with Crippen LogP contribution >= 0.6 is 0 Å². The maximum Gasteiger partial charge on any atom is 0.189 e. The van der Waals surface area contributed by atoms with E-state index in [4.69, 9.17) is 0 Å². The van der Waals surface area contributed by atoms with Crippen molar-refractivity contribution in [3.8, 4) is 0 Å². The third kappa shape index (κ3) is 2.82. The summed E-state index contributed by atoms with van der Waals surface area (Å²) in [4.78, 5) is 24.9. The Kier molecular flexibility index (Phi) is 4.35. The summed E-state index contributed by atoms with van der Waals surface area (Å²) in [6.07, 6.45) is 7.60. The molecule has 2 aromatic rings. The van der Waals surface area contributed by atoms with Crippen LogP contribution in [-0.4, -0.2) is 11.6 Å². The Morgan fingerprint density at radius 3 is 2.04 bits per heavy atom. The van der Waals surface area contributed by atoms with Crippen LogP contribution in [0.5, 0.6) is 0 Å². The molecule has 0 unspecified atom stereocenters. The number of Topliss-reactive ketones (excluding diaryl/α,β-unsaturated/α-hetero) is 1. The first-order chi connectivity index (χ1) is 13.4. The molecule has 0 fully saturated rings. The van der Waals surface area contributed by atoms with Gasteiger partial charge < -0.3 is 0 Å². The lowest BCUT2D eigenvalue weighted by molar-refractivity contribution is 0.102. The standard InChI is InChI=1S/C26H22O2/c1-15-13-23-20(17(3)18(4)26(28)24(23)14-16(15)2)11-9-19-10-12-25(27)22-8-6-5-7-21(19)22/h5-14H,1-4H3/b19-9-,20-11-. The fraction of sp³-hybridized carbons (Fsp3) is 0.154. The van der Waals surface area contributed by atoms with Crippen molar-refractivity contribution in [1.82, 2.24) is 0 Å². The molecule has 2 aromatic carbocycles. The van der Waals surface area contributed by atoms with Gasteiger partial charge in [0, 0.05) is 16.7 Å². The first kappa shape index (κ1) is 18.1. The zero-order chi connectivity index (χ0) is 20.0. The zero-order valence-electron chi connectivity index (χ0n) is 16.6. The molecule has 0 saturated carbocycles. The number of carbonyl (C=O) groups is 2. The molecule has 0 aliphatic heterocycles. The molecule has 0 saturated heterocycles. The number of hydrogen-bond donors (Lipinski definition) is 0. The molecule has 2 aliphatic carbocycles. The highest BCUT2D eigenvalue weighted by molar-refractivity contribution is 6.17. The van der Waals surface area contributed by atoms with Gasteiger partial charge >= 0.3 is 0 Å². The third-order valence-electron chi connectivity index (χ3n) is 5.82. The minimum absolute atomic E-state index is 0.0343. The molecule has 28 heavy (non-hydrogen) atoms. The van der Waals surface area contributed by atoms with E-state index in [0.29, 0.717) is 0 Å². The lowest BCUT2D eigenvalue weighted by Crippen LogP contribution is -2.14. The van der Waals surface area contributed by atoms with Crippen molar-refractivity contribution in [2.24, 2.45) is 0 Å². The van der Waals surface area contributed by atoms with Gasteiger partial charge in [0.15, 0.2) is 11.6 Å². The van der Waals surface area contributed by atoms with Crippen LogP contribution < -0.4 is 0 Å². The van der Waals surface area contributed by atoms with E-state index in [1.54, 1.807) is 6.08 Å². The SMILES string of the molecule is CC1=C(C)/C(=C/C=C2/C=CC(=O)c3ccccc32)c2cc(C)c(C)cc2C1=O. The van der Waals surface area contributed by atoms with Crippen molar-refractivity contribution in [2.75, 3.05) is 0 Å². The smallest absolute Gasteiger partial charge is 0.189 e. The van der Waals surface area contributed by atoms with Gasteiger partial charge in [0.1, 0.15) is 0 Å². The summed E-state index contributed by atoms with van der Waals surface area (Å²) >= 11 is 0. The van der Waals surface area contributed by atoms with Crippen LogP contribution in [0.1, 0.15) is 56.8 Å². The van der Waals surface area contributed by atoms with E-state index < -0.39 is 0 Å². The Hall–Kier alpha value is -3.26. The van der Waals surface area contributed by atoms with Crippen LogP contribution in [0.4, 0.5) is 0 Å². The van der Waals surface area contributed by atoms with Gasteiger partial charge in [0.05, 0.1) is 0 Å². The second-order valence-corrected chi connectivity index (χ2v) is 7.51. The second-order valence-electron chi connectivity index (χ2n) is 7.51. The fourth-order valence-electron chi connectivity index (χ4n) is 3.83. The number of hydrogen-bond acceptors (Lipinski definition) is 2. The van der Waals surface area contributed by atoms with E-state index in [1.807, 2.05) is 63.3 Å². The molecule has 138 valence electrons. The van der Waals surface area contributed by atoms with Crippen LogP contribution in [0.25, 0.3) is 11.1 Å². The van der Waals surface area contributed by atoms with Crippen LogP contribution in [0.15, 0.2) is 71.8 Å². The van der Waals surface area contributed by atoms with Gasteiger partial charge in [-0.25, -0.2) is 0 Å². The molecule has 0 N–H and O–H groups in total. The molecule has 2 nitrogen and oxygen atoms in total. The quantitative estimate of drug-likeness (QED) is 0.615. The van der Waals surface area contributed by atoms with Gasteiger partial charge in [0.2, 0.25) is 0 Å². The number of allylic oxidation sites excluding steroid dienone is 8. The highest BCUT2D eigenvalue weighted by Gasteiger charge is 2.25. The normalized spacial score (nSPS) is 18.7. The average Bonchev–Trinajstić information content (AvgIpc) is 2.70. The summed E-state index contributed by atoms with van der Waals surface area (Å²) in [6, 6.07) is 11.8. The lowest BCUT2D eigenvalue weighted by Gasteiger charge is -2.22. The first-order valence-electron chi connectivity index (χ1n) is 9.46. The van der Waals surface area contributed by atoms with E-state index in [0.717, 1.165) is 50.1 Å². The van der Waals surface area contributed by atoms with E-state index >= 15 is 0 Å². The number of benzene rings is 2. The van der Waals surface area contributed by atoms with Crippen molar-refractivity contribution in [2.45, 2.75) is 27.7 Å². The summed E-state index contributed by atoms with van der Waals surface area (Å²) < 4.78 is 0. The largest absolute Gasteiger partial charge is 0.289 e. The van der Waals surface area contributed by atoms with Gasteiger partial charge in [-0.05, 0) is 78.8 Å². The molecule has 4 rings (SSSR count). The molecular weight excluding hydrogens is 344 g/mol. The van der Waals surface area contributed by atoms with Crippen molar-refractivity contribution in [3.63, 3.8) is 0 Å². The van der Waals surface area contributed by atoms with Crippen LogP contribution in [0.3, 0.4) is 0 Å². The number of carbonyl (C=O) groups excluding carboxylic acids is 2. The van der Waals surface area contributed by atoms with Crippen molar-refractivity contribution in [3.05, 3.63) is 105 Å². The van der Waals surface area contributed by atoms with Gasteiger partial charge in [-0.2, -0.15) is 0 Å². The van der Waals surface area contributed by atoms with Gasteiger partial charge in [-0.3, -0.25) is 9.59 Å². The van der Waals surface area contributed by atoms with E-state index in [-0.39, 0.29) is 11.6 Å². The van der Waals surface area contributed by atoms with Gasteiger partial charge in [0.25, 0.3) is 0 Å². The first-order valence-corrected chi connectivity index (χ1v) is 9.46. The Labute approximate surface area is 165 Å². The number of ketones is 2. The Morgan fingerprint density at radius 2 is 1.32 bits per heavy atom. The Bertz CT molecular complexity index is 1170. The molecule has 2 aliphatic rings. The summed E-state index contributed by atoms with van der Waals surface area (Å²) in [5, 5.41) is 0. The number of fused-ring (bicyclic) bond motifs is 2. The Morgan fingerprint density at radius 1 is 0.679 bits per heavy atom. The molecular formula is C26H22O2. The third-order valence-corrected chi connectivity index (χ3v) is 5.82. The monoisotopic (exact) mass is 366 g/mol. The molecule has 0 aromatic heterocycles. The number of aryl methyl sites for hydroxylation is 2. The predicted octanol–water partition coefficient (Wildman–Crippen LogP) is 6.06. The molecule has 2 heteroatoms. The zero-order valence-corrected chi connectivity index (χ0v) is 16.6. The van der Waals surface area contributed by atoms with E-state index in [1.165, 1.54) is 5.56 Å². The molecule has 0 heterocycles. The summed E-state index contributed by atoms with van der Waals surface area (Å²) in [7, 11) is 0. The molecule has 0 radical (unpaired) electrons. The molecule has 0 atom stereocenters. The van der Waals surface area contributed by atoms with Crippen LogP contribution in [-0.2, 0) is 0 Å². The van der Waals surface area contributed by atoms with Crippen molar-refractivity contribution < 1.29 is 9.59 Å². The molecule has 0 spiro atoms. The van der Waals surface area contributed by atoms with Crippen molar-refractivity contribution >= 4 is 22.7 Å². The minimum Gasteiger partial charge on any atom is -0.289 e. The summed E-state index contributed by atoms with van der Waals surface area (Å²) in [5.74, 6) is 0.140. The number of rotatable bonds is 1. The second kappa shape index (κ2) is 6.72. The summed E-state index contributed by atoms with van der Waals surface area (Å²) in [5.41, 5.74) is 9.56. The predicted molar refractivity (Wildman–Crippen MR) is 114 cm³/mol. The Balaban J connectivity index is 1.90. The highest BCUT2D eigenvalue weighted by atomic mass is 16.1. The van der Waals surface area contributed by atoms with Gasteiger partial charge in [-0.1, -0.05) is 48.6 Å². The average molecular weight is 366 g/mol. The van der Waals surface area contributed by atoms with E-state index in [2.05, 4.69) is 19.1 Å². The maximum atomic E-state index is 12.8. The molecule has 0 amide bonds. The summed E-state index contributed by atoms with van der Waals surface area (Å²) in [6.45, 7) is 8.01. The maximum absolute atomic E-state index is 12.8. The van der Waals surface area contributed by atoms with Crippen molar-refractivity contribution in [1.29, 1.82) is 0 Å². The highest BCUT2D eigenvalue weighted by Crippen LogP contribution is 2.37. The van der Waals surface area contributed by atoms with Gasteiger partial charge in [-0.15, -0.1) is 0 Å². The topological polar surface area (TPSA) is 34.1 Å². The fourth-order valence-corrected chi connectivity index (χ4v) is 3.83. The molecule has 0 bridgehead atoms. The van der Waals surface area contributed by atoms with E-state index in [9.17, 15) is 9.59 Å².